The molecule has 5 nitrogen and oxygen atoms in total. The van der Waals surface area contributed by atoms with E-state index in [0.717, 1.165) is 17.7 Å². The van der Waals surface area contributed by atoms with Gasteiger partial charge in [0.1, 0.15) is 0 Å². The Hall–Kier alpha value is -3.91. The molecule has 0 heterocycles. The molecule has 144 valence electrons. The van der Waals surface area contributed by atoms with Gasteiger partial charge in [0.15, 0.2) is 0 Å². The highest BCUT2D eigenvalue weighted by atomic mass is 16.2. The van der Waals surface area contributed by atoms with Gasteiger partial charge in [-0.3, -0.25) is 9.59 Å². The summed E-state index contributed by atoms with van der Waals surface area (Å²) in [5.41, 5.74) is 4.02. The van der Waals surface area contributed by atoms with Crippen molar-refractivity contribution in [3.05, 3.63) is 89.5 Å². The average Bonchev–Trinajstić information content (AvgIpc) is 2.77. The van der Waals surface area contributed by atoms with Crippen LogP contribution in [0.3, 0.4) is 0 Å². The van der Waals surface area contributed by atoms with E-state index in [1.807, 2.05) is 43.3 Å². The summed E-state index contributed by atoms with van der Waals surface area (Å²) in [4.78, 5) is 25.0. The lowest BCUT2D eigenvalue weighted by molar-refractivity contribution is -0.115. The summed E-state index contributed by atoms with van der Waals surface area (Å²) in [6.07, 6.45) is 0.800. The number of nitrogens with one attached hydrogen (secondary N) is 2. The zero-order valence-corrected chi connectivity index (χ0v) is 16.1. The molecule has 0 bridgehead atoms. The first-order chi connectivity index (χ1) is 14.1. The van der Waals surface area contributed by atoms with Crippen LogP contribution in [0.4, 0.5) is 5.69 Å². The molecule has 0 fully saturated rings. The quantitative estimate of drug-likeness (QED) is 0.671. The second-order valence-electron chi connectivity index (χ2n) is 6.44. The molecule has 0 unspecified atom stereocenters. The predicted octanol–water partition coefficient (Wildman–Crippen LogP) is 4.16. The van der Waals surface area contributed by atoms with E-state index in [-0.39, 0.29) is 18.4 Å². The summed E-state index contributed by atoms with van der Waals surface area (Å²) in [5, 5.41) is 14.9. The minimum Gasteiger partial charge on any atom is -0.343 e. The Morgan fingerprint density at radius 1 is 0.897 bits per heavy atom. The molecule has 0 aliphatic rings. The van der Waals surface area contributed by atoms with E-state index in [1.165, 1.54) is 0 Å². The fourth-order valence-corrected chi connectivity index (χ4v) is 3.13. The van der Waals surface area contributed by atoms with Crippen molar-refractivity contribution >= 4 is 17.5 Å². The summed E-state index contributed by atoms with van der Waals surface area (Å²) in [5.74, 6) is -0.665. The number of rotatable bonds is 6. The number of anilines is 1. The number of nitrogens with zero attached hydrogens (tertiary/aromatic N) is 1. The van der Waals surface area contributed by atoms with Crippen molar-refractivity contribution in [3.63, 3.8) is 0 Å². The first kappa shape index (κ1) is 19.8. The molecule has 0 spiro atoms. The molecule has 29 heavy (non-hydrogen) atoms. The second-order valence-corrected chi connectivity index (χ2v) is 6.44. The van der Waals surface area contributed by atoms with Gasteiger partial charge in [0.25, 0.3) is 5.91 Å². The van der Waals surface area contributed by atoms with E-state index in [1.54, 1.807) is 36.4 Å². The molecule has 5 heteroatoms. The topological polar surface area (TPSA) is 82.0 Å². The Bertz CT molecular complexity index is 1080. The van der Waals surface area contributed by atoms with Crippen molar-refractivity contribution in [1.29, 1.82) is 5.26 Å². The van der Waals surface area contributed by atoms with Gasteiger partial charge in [0.05, 0.1) is 18.2 Å². The number of carbonyl (C=O) groups excluding carboxylic acids is 2. The lowest BCUT2D eigenvalue weighted by Gasteiger charge is -2.12. The molecule has 2 N–H and O–H groups in total. The average molecular weight is 383 g/mol. The van der Waals surface area contributed by atoms with Crippen molar-refractivity contribution in [2.24, 2.45) is 0 Å². The lowest BCUT2D eigenvalue weighted by atomic mass is 9.95. The molecule has 0 aliphatic heterocycles. The smallest absolute Gasteiger partial charge is 0.252 e. The number of carbonyl (C=O) groups is 2. The van der Waals surface area contributed by atoms with Crippen LogP contribution in [0.15, 0.2) is 72.8 Å². The van der Waals surface area contributed by atoms with Crippen molar-refractivity contribution in [2.75, 3.05) is 11.9 Å². The molecule has 0 saturated heterocycles. The molecule has 0 radical (unpaired) electrons. The minimum atomic E-state index is -0.368. The number of hydrogen-bond acceptors (Lipinski definition) is 3. The van der Waals surface area contributed by atoms with Crippen molar-refractivity contribution in [2.45, 2.75) is 13.3 Å². The summed E-state index contributed by atoms with van der Waals surface area (Å²) >= 11 is 0. The van der Waals surface area contributed by atoms with E-state index in [2.05, 4.69) is 16.7 Å². The molecular weight excluding hydrogens is 362 g/mol. The fraction of sp³-hybridized carbons (Fsp3) is 0.125. The van der Waals surface area contributed by atoms with Gasteiger partial charge in [-0.1, -0.05) is 61.5 Å². The summed E-state index contributed by atoms with van der Waals surface area (Å²) in [6, 6.07) is 23.9. The van der Waals surface area contributed by atoms with Crippen LogP contribution in [0.2, 0.25) is 0 Å². The number of nitriles is 1. The highest BCUT2D eigenvalue weighted by Gasteiger charge is 2.15. The largest absolute Gasteiger partial charge is 0.343 e. The number of amides is 2. The van der Waals surface area contributed by atoms with Gasteiger partial charge in [0.2, 0.25) is 5.91 Å². The summed E-state index contributed by atoms with van der Waals surface area (Å²) < 4.78 is 0. The predicted molar refractivity (Wildman–Crippen MR) is 113 cm³/mol. The zero-order chi connectivity index (χ0) is 20.6. The van der Waals surface area contributed by atoms with Crippen LogP contribution in [0, 0.1) is 11.3 Å². The first-order valence-electron chi connectivity index (χ1n) is 9.38. The maximum atomic E-state index is 12.7. The highest BCUT2D eigenvalue weighted by Crippen LogP contribution is 2.26. The van der Waals surface area contributed by atoms with Gasteiger partial charge >= 0.3 is 0 Å². The maximum absolute atomic E-state index is 12.7. The third-order valence-corrected chi connectivity index (χ3v) is 4.59. The van der Waals surface area contributed by atoms with Crippen molar-refractivity contribution < 1.29 is 9.59 Å². The summed E-state index contributed by atoms with van der Waals surface area (Å²) in [6.45, 7) is 1.87. The lowest BCUT2D eigenvalue weighted by Crippen LogP contribution is -2.33. The van der Waals surface area contributed by atoms with Crippen LogP contribution < -0.4 is 10.6 Å². The molecule has 3 aromatic rings. The van der Waals surface area contributed by atoms with E-state index >= 15 is 0 Å². The first-order valence-corrected chi connectivity index (χ1v) is 9.38. The zero-order valence-electron chi connectivity index (χ0n) is 16.1. The van der Waals surface area contributed by atoms with Gasteiger partial charge in [-0.2, -0.15) is 5.26 Å². The molecule has 3 aromatic carbocycles. The number of hydrogen-bond donors (Lipinski definition) is 2. The Balaban J connectivity index is 1.74. The van der Waals surface area contributed by atoms with E-state index in [0.29, 0.717) is 22.3 Å². The number of aryl methyl sites for hydroxylation is 1. The normalized spacial score (nSPS) is 10.1. The van der Waals surface area contributed by atoms with E-state index < -0.39 is 0 Å². The van der Waals surface area contributed by atoms with Crippen molar-refractivity contribution in [1.82, 2.24) is 5.32 Å². The van der Waals surface area contributed by atoms with Gasteiger partial charge < -0.3 is 10.6 Å². The van der Waals surface area contributed by atoms with Gasteiger partial charge in [-0.05, 0) is 35.7 Å². The molecule has 3 rings (SSSR count). The fourth-order valence-electron chi connectivity index (χ4n) is 3.13. The van der Waals surface area contributed by atoms with Crippen LogP contribution in [0.1, 0.15) is 28.4 Å². The monoisotopic (exact) mass is 383 g/mol. The Kier molecular flexibility index (Phi) is 6.39. The standard InChI is InChI=1S/C24H21N3O2/c1-2-17-9-4-8-14-22(17)27-23(28)16-26-24(29)21-13-7-6-12-20(21)19-11-5-3-10-18(19)15-25/h3-14H,2,16H2,1H3,(H,26,29)(H,27,28). The SMILES string of the molecule is CCc1ccccc1NC(=O)CNC(=O)c1ccccc1-c1ccccc1C#N. The number of benzene rings is 3. The minimum absolute atomic E-state index is 0.148. The van der Waals surface area contributed by atoms with Crippen LogP contribution >= 0.6 is 0 Å². The Labute approximate surface area is 170 Å². The third kappa shape index (κ3) is 4.69. The van der Waals surface area contributed by atoms with Gasteiger partial charge in [-0.25, -0.2) is 0 Å². The van der Waals surface area contributed by atoms with E-state index in [9.17, 15) is 14.9 Å². The third-order valence-electron chi connectivity index (χ3n) is 4.59. The molecule has 0 aliphatic carbocycles. The van der Waals surface area contributed by atoms with Crippen LogP contribution in [0.25, 0.3) is 11.1 Å². The molecule has 2 amide bonds. The van der Waals surface area contributed by atoms with E-state index in [4.69, 9.17) is 0 Å². The number of para-hydroxylation sites is 1. The van der Waals surface area contributed by atoms with Crippen LogP contribution in [0.5, 0.6) is 0 Å². The van der Waals surface area contributed by atoms with Gasteiger partial charge in [-0.15, -0.1) is 0 Å². The summed E-state index contributed by atoms with van der Waals surface area (Å²) in [7, 11) is 0. The van der Waals surface area contributed by atoms with Crippen LogP contribution in [-0.2, 0) is 11.2 Å². The van der Waals surface area contributed by atoms with Crippen molar-refractivity contribution in [3.8, 4) is 17.2 Å². The molecule has 0 atom stereocenters. The Morgan fingerprint density at radius 3 is 2.31 bits per heavy atom. The van der Waals surface area contributed by atoms with Gasteiger partial charge in [0, 0.05) is 16.8 Å². The Morgan fingerprint density at radius 2 is 1.55 bits per heavy atom. The molecule has 0 aromatic heterocycles. The molecule has 0 saturated carbocycles. The molecular formula is C24H21N3O2. The highest BCUT2D eigenvalue weighted by molar-refractivity contribution is 6.04. The van der Waals surface area contributed by atoms with Crippen LogP contribution in [-0.4, -0.2) is 18.4 Å². The maximum Gasteiger partial charge on any atom is 0.252 e. The second kappa shape index (κ2) is 9.34.